The number of aryl methyl sites for hydroxylation is 2. The maximum Gasteiger partial charge on any atom is 0.166 e. The topological polar surface area (TPSA) is 0 Å². The fourth-order valence-corrected chi connectivity index (χ4v) is 2.86. The van der Waals surface area contributed by atoms with Gasteiger partial charge in [0.2, 0.25) is 0 Å². The van der Waals surface area contributed by atoms with Gasteiger partial charge in [-0.1, -0.05) is 79.6 Å². The van der Waals surface area contributed by atoms with E-state index in [4.69, 9.17) is 0 Å². The highest BCUT2D eigenvalue weighted by molar-refractivity contribution is 5.71. The summed E-state index contributed by atoms with van der Waals surface area (Å²) < 4.78 is 28.5. The highest BCUT2D eigenvalue weighted by atomic mass is 19.2. The van der Waals surface area contributed by atoms with Crippen LogP contribution >= 0.6 is 0 Å². The molecule has 24 heavy (non-hydrogen) atoms. The summed E-state index contributed by atoms with van der Waals surface area (Å²) in [6.07, 6.45) is 1.34. The van der Waals surface area contributed by atoms with Crippen LogP contribution in [0.3, 0.4) is 0 Å². The van der Waals surface area contributed by atoms with Crippen molar-refractivity contribution in [3.05, 3.63) is 83.4 Å². The molecule has 0 saturated heterocycles. The molecule has 3 rings (SSSR count). The smallest absolute Gasteiger partial charge is 0.166 e. The number of rotatable bonds is 4. The maximum atomic E-state index is 14.4. The zero-order chi connectivity index (χ0) is 17.1. The van der Waals surface area contributed by atoms with E-state index >= 15 is 0 Å². The molecule has 0 aliphatic rings. The summed E-state index contributed by atoms with van der Waals surface area (Å²) in [5.74, 6) is -1.49. The number of halogens is 2. The summed E-state index contributed by atoms with van der Waals surface area (Å²) in [5, 5.41) is 0. The second-order valence-electron chi connectivity index (χ2n) is 6.09. The van der Waals surface area contributed by atoms with E-state index in [1.807, 2.05) is 38.1 Å². The fourth-order valence-electron chi connectivity index (χ4n) is 2.86. The summed E-state index contributed by atoms with van der Waals surface area (Å²) in [4.78, 5) is 0. The predicted molar refractivity (Wildman–Crippen MR) is 96.0 cm³/mol. The second kappa shape index (κ2) is 6.96. The van der Waals surface area contributed by atoms with Gasteiger partial charge in [-0.15, -0.1) is 0 Å². The zero-order valence-electron chi connectivity index (χ0n) is 13.9. The van der Waals surface area contributed by atoms with Gasteiger partial charge in [0.25, 0.3) is 0 Å². The van der Waals surface area contributed by atoms with Crippen molar-refractivity contribution in [2.45, 2.75) is 26.7 Å². The summed E-state index contributed by atoms with van der Waals surface area (Å²) in [6, 6.07) is 19.2. The molecule has 3 aromatic rings. The maximum absolute atomic E-state index is 14.4. The SMILES string of the molecule is CCCc1ccc(-c2ccc(-c3ccc(C)cc3)cc2)c(F)c1F. The highest BCUT2D eigenvalue weighted by Crippen LogP contribution is 2.29. The van der Waals surface area contributed by atoms with Gasteiger partial charge in [0.15, 0.2) is 11.6 Å². The molecule has 0 aliphatic carbocycles. The zero-order valence-corrected chi connectivity index (χ0v) is 13.9. The van der Waals surface area contributed by atoms with Crippen molar-refractivity contribution in [3.63, 3.8) is 0 Å². The van der Waals surface area contributed by atoms with E-state index in [-0.39, 0.29) is 0 Å². The van der Waals surface area contributed by atoms with Crippen molar-refractivity contribution in [1.82, 2.24) is 0 Å². The first-order valence-electron chi connectivity index (χ1n) is 8.24. The first kappa shape index (κ1) is 16.4. The van der Waals surface area contributed by atoms with E-state index in [2.05, 4.69) is 24.3 Å². The van der Waals surface area contributed by atoms with E-state index in [0.29, 0.717) is 23.1 Å². The first-order valence-corrected chi connectivity index (χ1v) is 8.24. The first-order chi connectivity index (χ1) is 11.6. The lowest BCUT2D eigenvalue weighted by molar-refractivity contribution is 0.500. The Labute approximate surface area is 141 Å². The van der Waals surface area contributed by atoms with Crippen LogP contribution in [0, 0.1) is 18.6 Å². The largest absolute Gasteiger partial charge is 0.203 e. The van der Waals surface area contributed by atoms with Crippen LogP contribution in [0.5, 0.6) is 0 Å². The van der Waals surface area contributed by atoms with Crippen molar-refractivity contribution < 1.29 is 8.78 Å². The molecular weight excluding hydrogens is 302 g/mol. The molecule has 0 spiro atoms. The lowest BCUT2D eigenvalue weighted by Gasteiger charge is -2.09. The lowest BCUT2D eigenvalue weighted by atomic mass is 9.98. The molecule has 3 aromatic carbocycles. The van der Waals surface area contributed by atoms with Gasteiger partial charge in [-0.25, -0.2) is 8.78 Å². The molecule has 0 aliphatic heterocycles. The molecular formula is C22H20F2. The third kappa shape index (κ3) is 3.23. The molecule has 0 N–H and O–H groups in total. The van der Waals surface area contributed by atoms with Gasteiger partial charge in [-0.2, -0.15) is 0 Å². The molecule has 0 heterocycles. The molecule has 0 amide bonds. The van der Waals surface area contributed by atoms with Crippen LogP contribution in [0.2, 0.25) is 0 Å². The minimum absolute atomic E-state index is 0.308. The van der Waals surface area contributed by atoms with Gasteiger partial charge in [0.05, 0.1) is 0 Å². The van der Waals surface area contributed by atoms with Crippen molar-refractivity contribution in [2.24, 2.45) is 0 Å². The Kier molecular flexibility index (Phi) is 4.75. The van der Waals surface area contributed by atoms with Crippen molar-refractivity contribution in [3.8, 4) is 22.3 Å². The molecule has 0 nitrogen and oxygen atoms in total. The number of benzene rings is 3. The average molecular weight is 322 g/mol. The molecule has 0 fully saturated rings. The molecule has 0 saturated carbocycles. The second-order valence-corrected chi connectivity index (χ2v) is 6.09. The molecule has 0 aromatic heterocycles. The summed E-state index contributed by atoms with van der Waals surface area (Å²) >= 11 is 0. The number of hydrogen-bond donors (Lipinski definition) is 0. The minimum Gasteiger partial charge on any atom is -0.203 e. The quantitative estimate of drug-likeness (QED) is 0.510. The number of hydrogen-bond acceptors (Lipinski definition) is 0. The molecule has 0 atom stereocenters. The van der Waals surface area contributed by atoms with Crippen molar-refractivity contribution in [2.75, 3.05) is 0 Å². The van der Waals surface area contributed by atoms with Gasteiger partial charge >= 0.3 is 0 Å². The Balaban J connectivity index is 1.93. The van der Waals surface area contributed by atoms with Crippen LogP contribution < -0.4 is 0 Å². The van der Waals surface area contributed by atoms with Crippen LogP contribution in [0.1, 0.15) is 24.5 Å². The Morgan fingerprint density at radius 3 is 1.79 bits per heavy atom. The highest BCUT2D eigenvalue weighted by Gasteiger charge is 2.14. The molecule has 0 radical (unpaired) electrons. The van der Waals surface area contributed by atoms with Crippen molar-refractivity contribution >= 4 is 0 Å². The summed E-state index contributed by atoms with van der Waals surface area (Å²) in [5.41, 5.74) is 4.81. The monoisotopic (exact) mass is 322 g/mol. The molecule has 0 bridgehead atoms. The summed E-state index contributed by atoms with van der Waals surface area (Å²) in [7, 11) is 0. The van der Waals surface area contributed by atoms with E-state index in [1.54, 1.807) is 12.1 Å². The summed E-state index contributed by atoms with van der Waals surface area (Å²) in [6.45, 7) is 4.00. The third-order valence-corrected chi connectivity index (χ3v) is 4.26. The van der Waals surface area contributed by atoms with Gasteiger partial charge in [0.1, 0.15) is 0 Å². The Morgan fingerprint density at radius 2 is 1.21 bits per heavy atom. The Hall–Kier alpha value is -2.48. The third-order valence-electron chi connectivity index (χ3n) is 4.26. The van der Waals surface area contributed by atoms with Gasteiger partial charge < -0.3 is 0 Å². The standard InChI is InChI=1S/C22H20F2/c1-3-4-19-13-14-20(22(24)21(19)23)18-11-9-17(10-12-18)16-7-5-15(2)6-8-16/h5-14H,3-4H2,1-2H3. The Bertz CT molecular complexity index is 831. The van der Waals surface area contributed by atoms with E-state index in [0.717, 1.165) is 17.5 Å². The van der Waals surface area contributed by atoms with Crippen LogP contribution in [0.25, 0.3) is 22.3 Å². The van der Waals surface area contributed by atoms with Crippen molar-refractivity contribution in [1.29, 1.82) is 0 Å². The molecule has 122 valence electrons. The Morgan fingerprint density at radius 1 is 0.667 bits per heavy atom. The minimum atomic E-state index is -0.760. The van der Waals surface area contributed by atoms with Crippen LogP contribution in [0.4, 0.5) is 8.78 Å². The van der Waals surface area contributed by atoms with E-state index < -0.39 is 11.6 Å². The molecule has 2 heteroatoms. The van der Waals surface area contributed by atoms with Crippen LogP contribution in [-0.4, -0.2) is 0 Å². The van der Waals surface area contributed by atoms with Gasteiger partial charge in [0, 0.05) is 5.56 Å². The molecule has 0 unspecified atom stereocenters. The van der Waals surface area contributed by atoms with Crippen LogP contribution in [0.15, 0.2) is 60.7 Å². The van der Waals surface area contributed by atoms with Gasteiger partial charge in [-0.3, -0.25) is 0 Å². The fraction of sp³-hybridized carbons (Fsp3) is 0.182. The predicted octanol–water partition coefficient (Wildman–Crippen LogP) is 6.56. The van der Waals surface area contributed by atoms with Crippen LogP contribution in [-0.2, 0) is 6.42 Å². The normalized spacial score (nSPS) is 10.8. The van der Waals surface area contributed by atoms with E-state index in [9.17, 15) is 8.78 Å². The van der Waals surface area contributed by atoms with E-state index in [1.165, 1.54) is 5.56 Å². The van der Waals surface area contributed by atoms with Gasteiger partial charge in [-0.05, 0) is 35.6 Å². The average Bonchev–Trinajstić information content (AvgIpc) is 2.60. The lowest BCUT2D eigenvalue weighted by Crippen LogP contribution is -1.97.